The van der Waals surface area contributed by atoms with Gasteiger partial charge in [0, 0.05) is 36.1 Å². The molecule has 25 heavy (non-hydrogen) atoms. The van der Waals surface area contributed by atoms with Crippen LogP contribution < -0.4 is 10.6 Å². The number of hydrogen-bond donors (Lipinski definition) is 2. The first-order valence-electron chi connectivity index (χ1n) is 8.46. The van der Waals surface area contributed by atoms with E-state index in [0.717, 1.165) is 30.6 Å². The number of rotatable bonds is 3. The molecule has 3 N–H and O–H groups in total. The predicted octanol–water partition coefficient (Wildman–Crippen LogP) is 3.48. The van der Waals surface area contributed by atoms with Crippen LogP contribution >= 0.6 is 0 Å². The molecule has 0 spiro atoms. The summed E-state index contributed by atoms with van der Waals surface area (Å²) in [6, 6.07) is 13.6. The van der Waals surface area contributed by atoms with E-state index in [-0.39, 0.29) is 11.7 Å². The van der Waals surface area contributed by atoms with Crippen LogP contribution in [0.25, 0.3) is 22.4 Å². The van der Waals surface area contributed by atoms with Crippen molar-refractivity contribution in [3.63, 3.8) is 0 Å². The summed E-state index contributed by atoms with van der Waals surface area (Å²) in [6.07, 6.45) is 2.77. The van der Waals surface area contributed by atoms with Gasteiger partial charge >= 0.3 is 0 Å². The molecule has 4 rings (SSSR count). The van der Waals surface area contributed by atoms with Gasteiger partial charge in [-0.25, -0.2) is 9.97 Å². The third kappa shape index (κ3) is 2.67. The van der Waals surface area contributed by atoms with Gasteiger partial charge in [0.25, 0.3) is 0 Å². The van der Waals surface area contributed by atoms with Crippen LogP contribution in [-0.2, 0) is 6.42 Å². The Hall–Kier alpha value is -3.08. The fourth-order valence-corrected chi connectivity index (χ4v) is 3.45. The highest BCUT2D eigenvalue weighted by Crippen LogP contribution is 2.38. The molecule has 0 saturated carbocycles. The molecule has 5 nitrogen and oxygen atoms in total. The van der Waals surface area contributed by atoms with Gasteiger partial charge in [-0.05, 0) is 48.7 Å². The molecule has 0 aliphatic carbocycles. The van der Waals surface area contributed by atoms with Crippen molar-refractivity contribution in [1.29, 1.82) is 0 Å². The Balaban J connectivity index is 1.86. The third-order valence-corrected chi connectivity index (χ3v) is 4.73. The van der Waals surface area contributed by atoms with Crippen molar-refractivity contribution in [3.8, 4) is 28.1 Å². The van der Waals surface area contributed by atoms with Crippen LogP contribution in [0.2, 0.25) is 0 Å². The summed E-state index contributed by atoms with van der Waals surface area (Å²) in [6.45, 7) is 4.24. The van der Waals surface area contributed by atoms with E-state index in [2.05, 4.69) is 40.0 Å². The lowest BCUT2D eigenvalue weighted by Gasteiger charge is -2.17. The zero-order valence-corrected chi connectivity index (χ0v) is 14.1. The lowest BCUT2D eigenvalue weighted by atomic mass is 9.98. The molecular formula is C20H20N4O. The zero-order valence-electron chi connectivity index (χ0n) is 14.1. The first-order chi connectivity index (χ1) is 12.2. The molecule has 0 amide bonds. The van der Waals surface area contributed by atoms with Crippen molar-refractivity contribution in [2.24, 2.45) is 0 Å². The number of fused-ring (bicyclic) bond motifs is 1. The van der Waals surface area contributed by atoms with E-state index >= 15 is 0 Å². The topological polar surface area (TPSA) is 75.3 Å². The van der Waals surface area contributed by atoms with Gasteiger partial charge in [-0.2, -0.15) is 0 Å². The maximum Gasteiger partial charge on any atom is 0.220 e. The number of likely N-dealkylation sites (N-methyl/N-ethyl adjacent to an activating group) is 1. The van der Waals surface area contributed by atoms with Crippen molar-refractivity contribution in [2.45, 2.75) is 13.3 Å². The van der Waals surface area contributed by atoms with E-state index in [1.54, 1.807) is 18.3 Å². The minimum atomic E-state index is 0.181. The number of nitrogens with zero attached hydrogens (tertiary/aromatic N) is 3. The van der Waals surface area contributed by atoms with Gasteiger partial charge in [0.2, 0.25) is 5.95 Å². The lowest BCUT2D eigenvalue weighted by Crippen LogP contribution is -2.18. The quantitative estimate of drug-likeness (QED) is 0.768. The number of phenolic OH excluding ortho intramolecular Hbond substituents is 1. The van der Waals surface area contributed by atoms with Crippen molar-refractivity contribution in [1.82, 2.24) is 9.97 Å². The van der Waals surface area contributed by atoms with Crippen molar-refractivity contribution >= 4 is 11.6 Å². The molecule has 1 aromatic heterocycles. The number of nitrogen functional groups attached to an aromatic ring is 1. The fourth-order valence-electron chi connectivity index (χ4n) is 3.45. The zero-order chi connectivity index (χ0) is 17.4. The first-order valence-corrected chi connectivity index (χ1v) is 8.46. The summed E-state index contributed by atoms with van der Waals surface area (Å²) in [7, 11) is 0. The van der Waals surface area contributed by atoms with Crippen molar-refractivity contribution < 1.29 is 5.11 Å². The number of anilines is 2. The largest absolute Gasteiger partial charge is 0.507 e. The van der Waals surface area contributed by atoms with Crippen molar-refractivity contribution in [2.75, 3.05) is 23.7 Å². The van der Waals surface area contributed by atoms with Gasteiger partial charge < -0.3 is 15.7 Å². The molecule has 0 atom stereocenters. The Kier molecular flexibility index (Phi) is 3.76. The molecule has 126 valence electrons. The number of benzene rings is 2. The van der Waals surface area contributed by atoms with Crippen LogP contribution in [-0.4, -0.2) is 28.2 Å². The Bertz CT molecular complexity index is 939. The summed E-state index contributed by atoms with van der Waals surface area (Å²) in [4.78, 5) is 10.9. The average molecular weight is 332 g/mol. The maximum atomic E-state index is 10.2. The normalized spacial score (nSPS) is 13.1. The highest BCUT2D eigenvalue weighted by molar-refractivity contribution is 5.84. The van der Waals surface area contributed by atoms with E-state index in [0.29, 0.717) is 11.3 Å². The molecule has 2 heterocycles. The Morgan fingerprint density at radius 2 is 2.00 bits per heavy atom. The third-order valence-electron chi connectivity index (χ3n) is 4.73. The number of phenols is 1. The average Bonchev–Trinajstić information content (AvgIpc) is 3.04. The predicted molar refractivity (Wildman–Crippen MR) is 101 cm³/mol. The van der Waals surface area contributed by atoms with Crippen molar-refractivity contribution in [3.05, 3.63) is 54.2 Å². The minimum absolute atomic E-state index is 0.181. The van der Waals surface area contributed by atoms with E-state index in [9.17, 15) is 5.11 Å². The molecular weight excluding hydrogens is 312 g/mol. The highest BCUT2D eigenvalue weighted by atomic mass is 16.3. The van der Waals surface area contributed by atoms with Crippen LogP contribution in [0.1, 0.15) is 12.5 Å². The van der Waals surface area contributed by atoms with Crippen LogP contribution in [0.4, 0.5) is 11.6 Å². The SMILES string of the molecule is CCN1CCc2cc(-c3cnc(N)nc3-c3ccccc3O)ccc21. The summed E-state index contributed by atoms with van der Waals surface area (Å²) >= 11 is 0. The fraction of sp³-hybridized carbons (Fsp3) is 0.200. The minimum Gasteiger partial charge on any atom is -0.507 e. The molecule has 5 heteroatoms. The second kappa shape index (κ2) is 6.09. The molecule has 0 saturated heterocycles. The van der Waals surface area contributed by atoms with Gasteiger partial charge in [0.05, 0.1) is 5.69 Å². The molecule has 2 aromatic carbocycles. The number of aromatic hydroxyl groups is 1. The molecule has 3 aromatic rings. The molecule has 0 bridgehead atoms. The van der Waals surface area contributed by atoms with Crippen LogP contribution in [0, 0.1) is 0 Å². The molecule has 0 radical (unpaired) electrons. The number of aromatic nitrogens is 2. The van der Waals surface area contributed by atoms with Gasteiger partial charge in [-0.1, -0.05) is 18.2 Å². The van der Waals surface area contributed by atoms with Gasteiger partial charge in [0.1, 0.15) is 5.75 Å². The lowest BCUT2D eigenvalue weighted by molar-refractivity contribution is 0.477. The Morgan fingerprint density at radius 3 is 2.80 bits per heavy atom. The maximum absolute atomic E-state index is 10.2. The van der Waals surface area contributed by atoms with E-state index < -0.39 is 0 Å². The number of nitrogens with two attached hydrogens (primary N) is 1. The van der Waals surface area contributed by atoms with Crippen LogP contribution in [0.15, 0.2) is 48.7 Å². The summed E-state index contributed by atoms with van der Waals surface area (Å²) < 4.78 is 0. The summed E-state index contributed by atoms with van der Waals surface area (Å²) in [5.41, 5.74) is 11.6. The second-order valence-electron chi connectivity index (χ2n) is 6.18. The van der Waals surface area contributed by atoms with Gasteiger partial charge in [0.15, 0.2) is 0 Å². The van der Waals surface area contributed by atoms with Gasteiger partial charge in [-0.15, -0.1) is 0 Å². The molecule has 1 aliphatic heterocycles. The smallest absolute Gasteiger partial charge is 0.220 e. The molecule has 0 unspecified atom stereocenters. The highest BCUT2D eigenvalue weighted by Gasteiger charge is 2.20. The van der Waals surface area contributed by atoms with Crippen LogP contribution in [0.3, 0.4) is 0 Å². The number of para-hydroxylation sites is 1. The summed E-state index contributed by atoms with van der Waals surface area (Å²) in [5, 5.41) is 10.2. The van der Waals surface area contributed by atoms with Crippen LogP contribution in [0.5, 0.6) is 5.75 Å². The Labute approximate surface area is 146 Å². The summed E-state index contributed by atoms with van der Waals surface area (Å²) in [5.74, 6) is 0.375. The van der Waals surface area contributed by atoms with E-state index in [1.807, 2.05) is 12.1 Å². The standard InChI is InChI=1S/C20H20N4O/c1-2-24-10-9-14-11-13(7-8-17(14)24)16-12-22-20(21)23-19(16)15-5-3-4-6-18(15)25/h3-8,11-12,25H,2,9-10H2,1H3,(H2,21,22,23). The second-order valence-corrected chi connectivity index (χ2v) is 6.18. The molecule has 1 aliphatic rings. The van der Waals surface area contributed by atoms with E-state index in [1.165, 1.54) is 11.3 Å². The molecule has 0 fully saturated rings. The van der Waals surface area contributed by atoms with E-state index in [4.69, 9.17) is 5.73 Å². The monoisotopic (exact) mass is 332 g/mol. The Morgan fingerprint density at radius 1 is 1.16 bits per heavy atom. The first kappa shape index (κ1) is 15.4. The number of hydrogen-bond acceptors (Lipinski definition) is 5. The van der Waals surface area contributed by atoms with Gasteiger partial charge in [-0.3, -0.25) is 0 Å².